The van der Waals surface area contributed by atoms with Crippen LogP contribution in [-0.2, 0) is 12.8 Å². The molecule has 0 saturated heterocycles. The molecule has 1 nitrogen and oxygen atoms in total. The van der Waals surface area contributed by atoms with Crippen molar-refractivity contribution in [2.24, 2.45) is 11.8 Å². The van der Waals surface area contributed by atoms with E-state index < -0.39 is 0 Å². The second-order valence-corrected chi connectivity index (χ2v) is 12.5. The summed E-state index contributed by atoms with van der Waals surface area (Å²) in [6.07, 6.45) is 11.2. The second-order valence-electron chi connectivity index (χ2n) is 12.5. The van der Waals surface area contributed by atoms with E-state index >= 15 is 0 Å². The van der Waals surface area contributed by atoms with Crippen molar-refractivity contribution < 1.29 is 4.39 Å². The molecule has 2 heteroatoms. The largest absolute Gasteiger partial charge is 0.399 e. The molecule has 0 bridgehead atoms. The maximum Gasteiger partial charge on any atom is 0.123 e. The molecule has 0 amide bonds. The molecule has 0 fully saturated rings. The molecular weight excluding hydrogens is 513 g/mol. The second kappa shape index (κ2) is 21.1. The maximum atomic E-state index is 12.1. The molecule has 42 heavy (non-hydrogen) atoms. The molecule has 0 aliphatic heterocycles. The molecule has 4 unspecified atom stereocenters. The highest BCUT2D eigenvalue weighted by molar-refractivity contribution is 5.46. The minimum atomic E-state index is -0.171. The normalized spacial score (nSPS) is 13.6. The summed E-state index contributed by atoms with van der Waals surface area (Å²) in [7, 11) is 0. The van der Waals surface area contributed by atoms with Gasteiger partial charge in [0, 0.05) is 5.69 Å². The van der Waals surface area contributed by atoms with E-state index in [4.69, 9.17) is 5.73 Å². The fraction of sp³-hybridized carbons (Fsp3) is 0.550. The van der Waals surface area contributed by atoms with Gasteiger partial charge in [0.05, 0.1) is 0 Å². The first-order valence-electron chi connectivity index (χ1n) is 16.8. The molecule has 3 aromatic carbocycles. The highest BCUT2D eigenvalue weighted by atomic mass is 19.1. The van der Waals surface area contributed by atoms with Gasteiger partial charge < -0.3 is 5.73 Å². The monoisotopic (exact) mass is 575 g/mol. The summed E-state index contributed by atoms with van der Waals surface area (Å²) in [6, 6.07) is 22.2. The van der Waals surface area contributed by atoms with Crippen LogP contribution in [0.3, 0.4) is 0 Å². The van der Waals surface area contributed by atoms with Gasteiger partial charge in [-0.1, -0.05) is 129 Å². The van der Waals surface area contributed by atoms with Gasteiger partial charge in [-0.3, -0.25) is 0 Å². The highest BCUT2D eigenvalue weighted by Crippen LogP contribution is 2.29. The van der Waals surface area contributed by atoms with Gasteiger partial charge in [-0.2, -0.15) is 0 Å². The average molecular weight is 576 g/mol. The van der Waals surface area contributed by atoms with Crippen molar-refractivity contribution >= 4 is 5.69 Å². The average Bonchev–Trinajstić information content (AvgIpc) is 2.98. The molecule has 0 aliphatic carbocycles. The van der Waals surface area contributed by atoms with Crippen LogP contribution < -0.4 is 5.73 Å². The molecule has 3 aromatic rings. The van der Waals surface area contributed by atoms with Crippen LogP contribution in [0.4, 0.5) is 10.1 Å². The van der Waals surface area contributed by atoms with Crippen LogP contribution in [0.2, 0.25) is 0 Å². The van der Waals surface area contributed by atoms with Crippen molar-refractivity contribution in [3.63, 3.8) is 0 Å². The zero-order valence-electron chi connectivity index (χ0n) is 28.5. The molecule has 4 atom stereocenters. The number of nitrogen functional groups attached to an aromatic ring is 1. The van der Waals surface area contributed by atoms with Crippen molar-refractivity contribution in [2.45, 2.75) is 132 Å². The van der Waals surface area contributed by atoms with Crippen molar-refractivity contribution in [3.8, 4) is 0 Å². The SMILES string of the molecule is CCC(C)CC(C)CC.CCCc1cc(N)ccc1C(C)Cc1ccc(C(CC)CCC)cc1.Cc1ccc(F)cc1. The van der Waals surface area contributed by atoms with Gasteiger partial charge in [-0.25, -0.2) is 4.39 Å². The van der Waals surface area contributed by atoms with Crippen molar-refractivity contribution in [1.29, 1.82) is 0 Å². The van der Waals surface area contributed by atoms with Crippen LogP contribution in [0.5, 0.6) is 0 Å². The summed E-state index contributed by atoms with van der Waals surface area (Å²) in [5.41, 5.74) is 13.8. The number of hydrogen-bond donors (Lipinski definition) is 1. The topological polar surface area (TPSA) is 26.0 Å². The van der Waals surface area contributed by atoms with Gasteiger partial charge in [0.25, 0.3) is 0 Å². The standard InChI is InChI=1S/C24H35N.C9H20.C7H7F/c1-5-8-20(7-3)21-12-10-19(11-13-21)16-18(4)24-15-14-23(25)17-22(24)9-6-2;1-5-8(3)7-9(4)6-2;1-6-2-4-7(8)5-3-6/h10-15,17-18,20H,5-9,16,25H2,1-4H3;8-9H,5-7H2,1-4H3;2-5H,1H3. The molecule has 0 aromatic heterocycles. The summed E-state index contributed by atoms with van der Waals surface area (Å²) in [6.45, 7) is 20.3. The summed E-state index contributed by atoms with van der Waals surface area (Å²) in [5.74, 6) is 2.92. The first-order chi connectivity index (χ1) is 20.1. The van der Waals surface area contributed by atoms with Crippen molar-refractivity contribution in [3.05, 3.63) is 100 Å². The fourth-order valence-electron chi connectivity index (χ4n) is 5.49. The molecule has 2 N–H and O–H groups in total. The lowest BCUT2D eigenvalue weighted by atomic mass is 9.87. The van der Waals surface area contributed by atoms with Crippen LogP contribution in [0.1, 0.15) is 140 Å². The Bertz CT molecular complexity index is 1060. The Kier molecular flexibility index (Phi) is 18.8. The van der Waals surface area contributed by atoms with Gasteiger partial charge in [0.1, 0.15) is 5.82 Å². The summed E-state index contributed by atoms with van der Waals surface area (Å²) < 4.78 is 12.1. The molecule has 3 rings (SSSR count). The van der Waals surface area contributed by atoms with Crippen molar-refractivity contribution in [2.75, 3.05) is 5.73 Å². The van der Waals surface area contributed by atoms with E-state index in [0.29, 0.717) is 11.8 Å². The predicted molar refractivity (Wildman–Crippen MR) is 186 cm³/mol. The third-order valence-electron chi connectivity index (χ3n) is 8.55. The van der Waals surface area contributed by atoms with Gasteiger partial charge >= 0.3 is 0 Å². The fourth-order valence-corrected chi connectivity index (χ4v) is 5.49. The zero-order chi connectivity index (χ0) is 31.5. The number of hydrogen-bond acceptors (Lipinski definition) is 1. The third kappa shape index (κ3) is 14.5. The van der Waals surface area contributed by atoms with E-state index in [1.165, 1.54) is 72.9 Å². The lowest BCUT2D eigenvalue weighted by Crippen LogP contribution is -2.04. The number of rotatable bonds is 13. The van der Waals surface area contributed by atoms with Gasteiger partial charge in [0.15, 0.2) is 0 Å². The Morgan fingerprint density at radius 3 is 1.79 bits per heavy atom. The Balaban J connectivity index is 0.000000421. The highest BCUT2D eigenvalue weighted by Gasteiger charge is 2.13. The quantitative estimate of drug-likeness (QED) is 0.202. The van der Waals surface area contributed by atoms with E-state index in [-0.39, 0.29) is 5.82 Å². The van der Waals surface area contributed by atoms with Gasteiger partial charge in [-0.15, -0.1) is 0 Å². The molecule has 0 spiro atoms. The van der Waals surface area contributed by atoms with Crippen molar-refractivity contribution in [1.82, 2.24) is 0 Å². The summed E-state index contributed by atoms with van der Waals surface area (Å²) >= 11 is 0. The summed E-state index contributed by atoms with van der Waals surface area (Å²) in [4.78, 5) is 0. The third-order valence-corrected chi connectivity index (χ3v) is 8.55. The van der Waals surface area contributed by atoms with E-state index in [1.54, 1.807) is 12.1 Å². The Morgan fingerprint density at radius 1 is 0.714 bits per heavy atom. The number of aryl methyl sites for hydroxylation is 2. The lowest BCUT2D eigenvalue weighted by Gasteiger charge is -2.18. The molecule has 0 saturated carbocycles. The van der Waals surface area contributed by atoms with Crippen LogP contribution in [0.25, 0.3) is 0 Å². The molecule has 0 heterocycles. The van der Waals surface area contributed by atoms with E-state index in [1.807, 2.05) is 13.0 Å². The Labute approximate surface area is 259 Å². The predicted octanol–water partition coefficient (Wildman–Crippen LogP) is 12.5. The van der Waals surface area contributed by atoms with E-state index in [9.17, 15) is 4.39 Å². The maximum absolute atomic E-state index is 12.1. The molecule has 0 radical (unpaired) electrons. The molecule has 234 valence electrons. The smallest absolute Gasteiger partial charge is 0.123 e. The number of benzene rings is 3. The molecular formula is C40H62FN. The van der Waals surface area contributed by atoms with Crippen LogP contribution in [0, 0.1) is 24.6 Å². The Morgan fingerprint density at radius 2 is 1.31 bits per heavy atom. The van der Waals surface area contributed by atoms with E-state index in [2.05, 4.69) is 91.8 Å². The number of nitrogens with two attached hydrogens (primary N) is 1. The minimum absolute atomic E-state index is 0.171. The zero-order valence-corrected chi connectivity index (χ0v) is 28.5. The first-order valence-corrected chi connectivity index (χ1v) is 16.8. The minimum Gasteiger partial charge on any atom is -0.399 e. The number of anilines is 1. The first kappa shape index (κ1) is 37.4. The lowest BCUT2D eigenvalue weighted by molar-refractivity contribution is 0.397. The van der Waals surface area contributed by atoms with E-state index in [0.717, 1.165) is 42.3 Å². The van der Waals surface area contributed by atoms with Gasteiger partial charge in [0.2, 0.25) is 0 Å². The van der Waals surface area contributed by atoms with Crippen LogP contribution >= 0.6 is 0 Å². The molecule has 0 aliphatic rings. The van der Waals surface area contributed by atoms with Gasteiger partial charge in [-0.05, 0) is 109 Å². The number of halogens is 1. The summed E-state index contributed by atoms with van der Waals surface area (Å²) in [5, 5.41) is 0. The van der Waals surface area contributed by atoms with Crippen LogP contribution in [0.15, 0.2) is 66.7 Å². The van der Waals surface area contributed by atoms with Crippen LogP contribution in [-0.4, -0.2) is 0 Å². The Hall–Kier alpha value is -2.61.